The molecule has 22 aromatic carbocycles. The second-order valence-electron chi connectivity index (χ2n) is 33.9. The topological polar surface area (TPSA) is 9.86 Å². The fraction of sp³-hybridized carbons (Fsp3) is 0. The van der Waals surface area contributed by atoms with Crippen LogP contribution in [0.3, 0.4) is 0 Å². The van der Waals surface area contributed by atoms with Crippen molar-refractivity contribution in [3.05, 3.63) is 522 Å². The maximum Gasteiger partial charge on any atom is 0.0535 e. The summed E-state index contributed by atoms with van der Waals surface area (Å²) >= 11 is 0. The highest BCUT2D eigenvalue weighted by molar-refractivity contribution is 6.04. The molecule has 2 heteroatoms. The lowest BCUT2D eigenvalue weighted by Crippen LogP contribution is -1.92. The van der Waals surface area contributed by atoms with Crippen molar-refractivity contribution in [2.24, 2.45) is 0 Å². The molecule has 0 aliphatic heterocycles. The van der Waals surface area contributed by atoms with Gasteiger partial charge in [0.05, 0.1) is 11.0 Å². The number of rotatable bonds is 16. The summed E-state index contributed by atoms with van der Waals surface area (Å²) in [5.41, 5.74) is 38.5. The van der Waals surface area contributed by atoms with E-state index in [2.05, 4.69) is 531 Å². The fourth-order valence-corrected chi connectivity index (χ4v) is 19.1. The minimum atomic E-state index is 1.13. The lowest BCUT2D eigenvalue weighted by Gasteiger charge is -2.10. The molecule has 0 aliphatic carbocycles. The predicted octanol–water partition coefficient (Wildman–Crippen LogP) is 35.2. The molecule has 0 bridgehead atoms. The molecule has 0 N–H and O–H groups in total. The Morgan fingerprint density at radius 2 is 0.315 bits per heavy atom. The Kier molecular flexibility index (Phi) is 20.4. The maximum absolute atomic E-state index is 2.37. The van der Waals surface area contributed by atoms with Gasteiger partial charge in [0.25, 0.3) is 0 Å². The van der Waals surface area contributed by atoms with Crippen molar-refractivity contribution in [1.29, 1.82) is 0 Å². The van der Waals surface area contributed by atoms with Crippen molar-refractivity contribution in [2.45, 2.75) is 0 Å². The van der Waals surface area contributed by atoms with Gasteiger partial charge in [-0.05, 0) is 248 Å². The van der Waals surface area contributed by atoms with E-state index in [0.717, 1.165) is 11.4 Å². The standard InChI is InChI=1S/C68H45N.C60H41N/c1-2-12-58-43-59(36-29-46(58)9-1)52-37-40-61(41-38-52)69-45-67(57-34-27-50(28-35-57)49-25-32-56(33-26-49)65-18-8-14-54-11-4-6-16-63(54)65)66-44-60(39-42-68(66)69)51-21-19-47(20-22-51)48-23-30-55(31-24-48)64-17-7-13-53-10-3-5-15-62(53)64;1-3-9-42(10-4-1)45-15-19-47(20-16-45)49-23-25-51(26-24-49)56-35-38-60-58(40-56)59(53-30-27-50(28-31-53)48-21-17-46(18-22-48)43-11-5-2-6-12-43)41-61(60)57-36-33-52(34-37-57)55-32-29-44-13-7-8-14-54(44)39-55/h1-45H;1-41H. The molecule has 130 heavy (non-hydrogen) atoms. The average molecular weight is 1650 g/mol. The Morgan fingerprint density at radius 1 is 0.108 bits per heavy atom. The van der Waals surface area contributed by atoms with E-state index in [1.165, 1.54) is 221 Å². The van der Waals surface area contributed by atoms with E-state index >= 15 is 0 Å². The number of nitrogens with zero attached hydrogens (tertiary/aromatic N) is 2. The molecule has 0 spiro atoms. The van der Waals surface area contributed by atoms with Crippen LogP contribution in [0.15, 0.2) is 522 Å². The summed E-state index contributed by atoms with van der Waals surface area (Å²) in [5, 5.41) is 12.5. The van der Waals surface area contributed by atoms with Crippen molar-refractivity contribution in [3.63, 3.8) is 0 Å². The van der Waals surface area contributed by atoms with Crippen LogP contribution >= 0.6 is 0 Å². The van der Waals surface area contributed by atoms with E-state index in [0.29, 0.717) is 0 Å². The highest BCUT2D eigenvalue weighted by Crippen LogP contribution is 2.43. The van der Waals surface area contributed by atoms with Gasteiger partial charge < -0.3 is 9.13 Å². The van der Waals surface area contributed by atoms with Crippen LogP contribution in [-0.4, -0.2) is 9.13 Å². The van der Waals surface area contributed by atoms with Crippen LogP contribution in [0.2, 0.25) is 0 Å². The van der Waals surface area contributed by atoms with Gasteiger partial charge in [0, 0.05) is 45.7 Å². The van der Waals surface area contributed by atoms with Gasteiger partial charge in [0.15, 0.2) is 0 Å². The normalized spacial score (nSPS) is 11.4. The summed E-state index contributed by atoms with van der Waals surface area (Å²) < 4.78 is 4.70. The van der Waals surface area contributed by atoms with Crippen LogP contribution < -0.4 is 0 Å². The number of hydrogen-bond acceptors (Lipinski definition) is 0. The molecule has 0 fully saturated rings. The van der Waals surface area contributed by atoms with Gasteiger partial charge in [-0.25, -0.2) is 0 Å². The highest BCUT2D eigenvalue weighted by Gasteiger charge is 2.19. The molecule has 0 saturated heterocycles. The molecular formula is C128H86N2. The first-order valence-electron chi connectivity index (χ1n) is 44.8. The van der Waals surface area contributed by atoms with E-state index in [1.807, 2.05) is 0 Å². The Labute approximate surface area is 757 Å². The van der Waals surface area contributed by atoms with Crippen molar-refractivity contribution in [3.8, 4) is 167 Å². The Hall–Kier alpha value is -17.0. The van der Waals surface area contributed by atoms with Crippen LogP contribution in [-0.2, 0) is 0 Å². The molecule has 2 nitrogen and oxygen atoms in total. The number of benzene rings is 22. The monoisotopic (exact) mass is 1650 g/mol. The zero-order chi connectivity index (χ0) is 86.2. The van der Waals surface area contributed by atoms with Crippen molar-refractivity contribution >= 4 is 64.9 Å². The summed E-state index contributed by atoms with van der Waals surface area (Å²) in [5.74, 6) is 0. The summed E-state index contributed by atoms with van der Waals surface area (Å²) in [6.45, 7) is 0. The van der Waals surface area contributed by atoms with Gasteiger partial charge in [0.2, 0.25) is 0 Å². The number of fused-ring (bicyclic) bond motifs is 6. The van der Waals surface area contributed by atoms with Crippen molar-refractivity contribution in [2.75, 3.05) is 0 Å². The van der Waals surface area contributed by atoms with Crippen LogP contribution in [0.4, 0.5) is 0 Å². The Balaban J connectivity index is 0.000000149. The second-order valence-corrected chi connectivity index (χ2v) is 33.9. The van der Waals surface area contributed by atoms with Gasteiger partial charge in [-0.1, -0.05) is 449 Å². The van der Waals surface area contributed by atoms with E-state index in [4.69, 9.17) is 0 Å². The Morgan fingerprint density at radius 3 is 0.623 bits per heavy atom. The second kappa shape index (κ2) is 34.1. The first-order chi connectivity index (χ1) is 64.4. The third-order valence-corrected chi connectivity index (χ3v) is 26.2. The van der Waals surface area contributed by atoms with E-state index < -0.39 is 0 Å². The average Bonchev–Trinajstić information content (AvgIpc) is 1.60. The lowest BCUT2D eigenvalue weighted by atomic mass is 9.94. The first kappa shape index (κ1) is 77.7. The molecule has 0 aliphatic rings. The van der Waals surface area contributed by atoms with Crippen molar-refractivity contribution in [1.82, 2.24) is 9.13 Å². The summed E-state index contributed by atoms with van der Waals surface area (Å²) in [4.78, 5) is 0. The maximum atomic E-state index is 2.37. The van der Waals surface area contributed by atoms with E-state index in [9.17, 15) is 0 Å². The van der Waals surface area contributed by atoms with Crippen LogP contribution in [0.25, 0.3) is 232 Å². The molecule has 0 radical (unpaired) electrons. The molecule has 24 aromatic rings. The molecule has 0 amide bonds. The minimum absolute atomic E-state index is 1.13. The number of hydrogen-bond donors (Lipinski definition) is 0. The fourth-order valence-electron chi connectivity index (χ4n) is 19.1. The summed E-state index contributed by atoms with van der Waals surface area (Å²) in [6.07, 6.45) is 4.63. The molecular weight excluding hydrogens is 1570 g/mol. The van der Waals surface area contributed by atoms with Crippen LogP contribution in [0, 0.1) is 0 Å². The summed E-state index contributed by atoms with van der Waals surface area (Å²) in [7, 11) is 0. The van der Waals surface area contributed by atoms with E-state index in [1.54, 1.807) is 0 Å². The molecule has 0 saturated carbocycles. The quantitative estimate of drug-likeness (QED) is 0.0912. The van der Waals surface area contributed by atoms with Crippen molar-refractivity contribution < 1.29 is 0 Å². The highest BCUT2D eigenvalue weighted by atomic mass is 15.0. The van der Waals surface area contributed by atoms with Crippen LogP contribution in [0.5, 0.6) is 0 Å². The third kappa shape index (κ3) is 15.4. The molecule has 24 rings (SSSR count). The smallest absolute Gasteiger partial charge is 0.0535 e. The van der Waals surface area contributed by atoms with Gasteiger partial charge in [-0.2, -0.15) is 0 Å². The molecule has 0 atom stereocenters. The SMILES string of the molecule is c1ccc(-c2ccc(-c3ccc(-c4ccc5c(c4)c(-c4ccc(-c6ccc(-c7ccccc7)cc6)cc4)cn5-c4ccc(-c5ccc6ccccc6c5)cc4)cc3)cc2)cc1.c1ccc2cc(-c3ccc(-n4cc(-c5ccc(-c6ccc(-c7cccc8ccccc78)cc6)cc5)c5cc(-c6ccc(-c7ccc(-c8cccc9ccccc89)cc7)cc6)ccc54)cc3)ccc2c1. The van der Waals surface area contributed by atoms with E-state index in [-0.39, 0.29) is 0 Å². The van der Waals surface area contributed by atoms with Gasteiger partial charge in [0.1, 0.15) is 0 Å². The molecule has 608 valence electrons. The Bertz CT molecular complexity index is 8240. The minimum Gasteiger partial charge on any atom is -0.316 e. The first-order valence-corrected chi connectivity index (χ1v) is 44.8. The predicted molar refractivity (Wildman–Crippen MR) is 553 cm³/mol. The zero-order valence-corrected chi connectivity index (χ0v) is 71.5. The van der Waals surface area contributed by atoms with Gasteiger partial charge >= 0.3 is 0 Å². The lowest BCUT2D eigenvalue weighted by molar-refractivity contribution is 1.13. The third-order valence-electron chi connectivity index (χ3n) is 26.2. The zero-order valence-electron chi connectivity index (χ0n) is 71.5. The van der Waals surface area contributed by atoms with Crippen LogP contribution in [0.1, 0.15) is 0 Å². The molecule has 2 heterocycles. The largest absolute Gasteiger partial charge is 0.316 e. The van der Waals surface area contributed by atoms with Gasteiger partial charge in [-0.15, -0.1) is 0 Å². The summed E-state index contributed by atoms with van der Waals surface area (Å²) in [6, 6.07) is 186. The molecule has 0 unspecified atom stereocenters. The number of aromatic nitrogens is 2. The molecule has 2 aromatic heterocycles. The van der Waals surface area contributed by atoms with Gasteiger partial charge in [-0.3, -0.25) is 0 Å².